The number of carbonyl (C=O) groups is 1. The molecule has 0 spiro atoms. The van der Waals surface area contributed by atoms with Crippen molar-refractivity contribution in [2.24, 2.45) is 0 Å². The molecule has 2 N–H and O–H groups in total. The highest BCUT2D eigenvalue weighted by Gasteiger charge is 2.10. The first-order chi connectivity index (χ1) is 9.10. The van der Waals surface area contributed by atoms with E-state index < -0.39 is 5.97 Å². The summed E-state index contributed by atoms with van der Waals surface area (Å²) in [5, 5.41) is 12.2. The van der Waals surface area contributed by atoms with E-state index >= 15 is 0 Å². The zero-order chi connectivity index (χ0) is 13.8. The largest absolute Gasteiger partial charge is 0.497 e. The quantitative estimate of drug-likeness (QED) is 0.879. The highest BCUT2D eigenvalue weighted by Crippen LogP contribution is 2.23. The van der Waals surface area contributed by atoms with Crippen LogP contribution in [0.25, 0.3) is 0 Å². The number of methoxy groups -OCH3 is 1. The zero-order valence-corrected chi connectivity index (χ0v) is 11.6. The zero-order valence-electron chi connectivity index (χ0n) is 10.8. The van der Waals surface area contributed by atoms with E-state index in [0.717, 1.165) is 21.9 Å². The Hall–Kier alpha value is -2.01. The molecule has 0 aliphatic heterocycles. The van der Waals surface area contributed by atoms with Gasteiger partial charge in [0.1, 0.15) is 10.6 Å². The Labute approximate surface area is 115 Å². The average molecular weight is 277 g/mol. The number of anilines is 1. The number of benzene rings is 1. The fourth-order valence-corrected chi connectivity index (χ4v) is 2.59. The average Bonchev–Trinajstić information content (AvgIpc) is 2.79. The van der Waals surface area contributed by atoms with Gasteiger partial charge >= 0.3 is 5.97 Å². The first kappa shape index (κ1) is 13.4. The van der Waals surface area contributed by atoms with Gasteiger partial charge in [0.15, 0.2) is 0 Å². The molecule has 4 nitrogen and oxygen atoms in total. The maximum absolute atomic E-state index is 10.9. The van der Waals surface area contributed by atoms with Crippen molar-refractivity contribution in [3.63, 3.8) is 0 Å². The van der Waals surface area contributed by atoms with E-state index in [2.05, 4.69) is 5.32 Å². The molecular weight excluding hydrogens is 262 g/mol. The van der Waals surface area contributed by atoms with Crippen molar-refractivity contribution in [1.29, 1.82) is 0 Å². The van der Waals surface area contributed by atoms with Gasteiger partial charge in [0, 0.05) is 17.1 Å². The standard InChI is InChI=1S/C14H15NO3S/c1-9-10(7-13(19-9)14(16)17)8-15-11-3-5-12(18-2)6-4-11/h3-7,15H,8H2,1-2H3,(H,16,17). The fourth-order valence-electron chi connectivity index (χ4n) is 1.71. The summed E-state index contributed by atoms with van der Waals surface area (Å²) in [5.74, 6) is -0.0609. The molecular formula is C14H15NO3S. The number of ether oxygens (including phenoxy) is 1. The predicted octanol–water partition coefficient (Wildman–Crippen LogP) is 3.38. The molecule has 1 heterocycles. The first-order valence-corrected chi connectivity index (χ1v) is 6.62. The predicted molar refractivity (Wildman–Crippen MR) is 76.3 cm³/mol. The SMILES string of the molecule is COc1ccc(NCc2cc(C(=O)O)sc2C)cc1. The minimum Gasteiger partial charge on any atom is -0.497 e. The molecule has 0 aliphatic rings. The van der Waals surface area contributed by atoms with Crippen molar-refractivity contribution in [1.82, 2.24) is 0 Å². The summed E-state index contributed by atoms with van der Waals surface area (Å²) in [6, 6.07) is 9.34. The molecule has 19 heavy (non-hydrogen) atoms. The molecule has 100 valence electrons. The van der Waals surface area contributed by atoms with E-state index in [4.69, 9.17) is 9.84 Å². The second-order valence-electron chi connectivity index (χ2n) is 4.08. The highest BCUT2D eigenvalue weighted by molar-refractivity contribution is 7.14. The van der Waals surface area contributed by atoms with Crippen LogP contribution >= 0.6 is 11.3 Å². The van der Waals surface area contributed by atoms with E-state index in [-0.39, 0.29) is 0 Å². The van der Waals surface area contributed by atoms with Crippen molar-refractivity contribution in [3.05, 3.63) is 45.6 Å². The minimum absolute atomic E-state index is 0.379. The first-order valence-electron chi connectivity index (χ1n) is 5.80. The van der Waals surface area contributed by atoms with Crippen molar-refractivity contribution in [3.8, 4) is 5.75 Å². The summed E-state index contributed by atoms with van der Waals surface area (Å²) < 4.78 is 5.09. The van der Waals surface area contributed by atoms with Gasteiger partial charge in [-0.05, 0) is 42.8 Å². The summed E-state index contributed by atoms with van der Waals surface area (Å²) in [4.78, 5) is 12.3. The van der Waals surface area contributed by atoms with Crippen molar-refractivity contribution < 1.29 is 14.6 Å². The third-order valence-electron chi connectivity index (χ3n) is 2.80. The number of hydrogen-bond donors (Lipinski definition) is 2. The molecule has 0 amide bonds. The molecule has 0 saturated heterocycles. The lowest BCUT2D eigenvalue weighted by Crippen LogP contribution is -1.99. The molecule has 1 aromatic heterocycles. The number of nitrogens with one attached hydrogen (secondary N) is 1. The molecule has 0 radical (unpaired) electrons. The number of rotatable bonds is 5. The van der Waals surface area contributed by atoms with Gasteiger partial charge in [-0.2, -0.15) is 0 Å². The van der Waals surface area contributed by atoms with Gasteiger partial charge in [0.2, 0.25) is 0 Å². The number of carboxylic acids is 1. The summed E-state index contributed by atoms with van der Waals surface area (Å²) >= 11 is 1.30. The molecule has 1 aromatic carbocycles. The van der Waals surface area contributed by atoms with Crippen LogP contribution in [-0.2, 0) is 6.54 Å². The molecule has 0 fully saturated rings. The number of carboxylic acid groups (broad SMARTS) is 1. The second-order valence-corrected chi connectivity index (χ2v) is 5.34. The highest BCUT2D eigenvalue weighted by atomic mass is 32.1. The van der Waals surface area contributed by atoms with Gasteiger partial charge in [0.05, 0.1) is 7.11 Å². The van der Waals surface area contributed by atoms with E-state index in [1.165, 1.54) is 11.3 Å². The Balaban J connectivity index is 2.03. The topological polar surface area (TPSA) is 58.6 Å². The van der Waals surface area contributed by atoms with E-state index in [0.29, 0.717) is 11.4 Å². The summed E-state index contributed by atoms with van der Waals surface area (Å²) in [7, 11) is 1.63. The molecule has 0 atom stereocenters. The lowest BCUT2D eigenvalue weighted by atomic mass is 10.2. The summed E-state index contributed by atoms with van der Waals surface area (Å²) in [6.45, 7) is 2.55. The Morgan fingerprint density at radius 1 is 1.37 bits per heavy atom. The molecule has 2 aromatic rings. The lowest BCUT2D eigenvalue weighted by molar-refractivity contribution is 0.0702. The van der Waals surface area contributed by atoms with Crippen LogP contribution in [0.1, 0.15) is 20.1 Å². The fraction of sp³-hybridized carbons (Fsp3) is 0.214. The van der Waals surface area contributed by atoms with Crippen LogP contribution in [0.2, 0.25) is 0 Å². The van der Waals surface area contributed by atoms with Gasteiger partial charge in [0.25, 0.3) is 0 Å². The molecule has 0 unspecified atom stereocenters. The molecule has 5 heteroatoms. The van der Waals surface area contributed by atoms with Crippen LogP contribution in [0.5, 0.6) is 5.75 Å². The molecule has 0 aliphatic carbocycles. The van der Waals surface area contributed by atoms with Crippen LogP contribution in [0.3, 0.4) is 0 Å². The van der Waals surface area contributed by atoms with Crippen LogP contribution in [0.4, 0.5) is 5.69 Å². The number of aryl methyl sites for hydroxylation is 1. The van der Waals surface area contributed by atoms with Crippen LogP contribution < -0.4 is 10.1 Å². The van der Waals surface area contributed by atoms with Crippen molar-refractivity contribution in [2.45, 2.75) is 13.5 Å². The van der Waals surface area contributed by atoms with Crippen LogP contribution in [0, 0.1) is 6.92 Å². The normalized spacial score (nSPS) is 10.2. The van der Waals surface area contributed by atoms with Gasteiger partial charge < -0.3 is 15.2 Å². The molecule has 2 rings (SSSR count). The van der Waals surface area contributed by atoms with Crippen molar-refractivity contribution in [2.75, 3.05) is 12.4 Å². The third kappa shape index (κ3) is 3.26. The molecule has 0 bridgehead atoms. The maximum atomic E-state index is 10.9. The van der Waals surface area contributed by atoms with Crippen LogP contribution in [-0.4, -0.2) is 18.2 Å². The molecule has 0 saturated carbocycles. The van der Waals surface area contributed by atoms with Crippen molar-refractivity contribution >= 4 is 23.0 Å². The Kier molecular flexibility index (Phi) is 4.06. The third-order valence-corrected chi connectivity index (χ3v) is 3.89. The summed E-state index contributed by atoms with van der Waals surface area (Å²) in [6.07, 6.45) is 0. The maximum Gasteiger partial charge on any atom is 0.345 e. The number of aromatic carboxylic acids is 1. The van der Waals surface area contributed by atoms with Crippen LogP contribution in [0.15, 0.2) is 30.3 Å². The smallest absolute Gasteiger partial charge is 0.345 e. The van der Waals surface area contributed by atoms with Gasteiger partial charge in [-0.3, -0.25) is 0 Å². The van der Waals surface area contributed by atoms with Gasteiger partial charge in [-0.15, -0.1) is 11.3 Å². The number of hydrogen-bond acceptors (Lipinski definition) is 4. The Morgan fingerprint density at radius 2 is 2.05 bits per heavy atom. The van der Waals surface area contributed by atoms with Gasteiger partial charge in [-0.25, -0.2) is 4.79 Å². The van der Waals surface area contributed by atoms with E-state index in [1.54, 1.807) is 13.2 Å². The second kappa shape index (κ2) is 5.75. The van der Waals surface area contributed by atoms with E-state index in [1.807, 2.05) is 31.2 Å². The van der Waals surface area contributed by atoms with Gasteiger partial charge in [-0.1, -0.05) is 0 Å². The minimum atomic E-state index is -0.871. The summed E-state index contributed by atoms with van der Waals surface area (Å²) in [5.41, 5.74) is 1.99. The Bertz CT molecular complexity index is 575. The number of thiophene rings is 1. The monoisotopic (exact) mass is 277 g/mol. The van der Waals surface area contributed by atoms with E-state index in [9.17, 15) is 4.79 Å². The Morgan fingerprint density at radius 3 is 2.58 bits per heavy atom. The lowest BCUT2D eigenvalue weighted by Gasteiger charge is -2.07.